The molecule has 0 saturated carbocycles. The smallest absolute Gasteiger partial charge is 0.0552 e. The van der Waals surface area contributed by atoms with Gasteiger partial charge in [0.05, 0.1) is 6.21 Å². The molecule has 12 heavy (non-hydrogen) atoms. The van der Waals surface area contributed by atoms with E-state index >= 15 is 0 Å². The topological polar surface area (TPSA) is 38.4 Å². The minimum atomic E-state index is 1.10. The molecular weight excluding hydrogens is 168 g/mol. The first-order valence-corrected chi connectivity index (χ1v) is 4.49. The molecule has 0 saturated heterocycles. The minimum Gasteiger partial charge on any atom is -0.323 e. The summed E-state index contributed by atoms with van der Waals surface area (Å²) < 4.78 is 1.27. The molecule has 3 heteroatoms. The highest BCUT2D eigenvalue weighted by Gasteiger charge is 1.98. The van der Waals surface area contributed by atoms with E-state index in [-0.39, 0.29) is 0 Å². The van der Waals surface area contributed by atoms with Crippen molar-refractivity contribution >= 4 is 27.6 Å². The Balaban J connectivity index is 2.70. The van der Waals surface area contributed by atoms with Crippen LogP contribution < -0.4 is 5.84 Å². The van der Waals surface area contributed by atoms with Crippen LogP contribution in [0.1, 0.15) is 5.56 Å². The molecule has 0 fully saturated rings. The molecule has 2 rings (SSSR count). The van der Waals surface area contributed by atoms with E-state index in [1.807, 2.05) is 12.1 Å². The van der Waals surface area contributed by atoms with Gasteiger partial charge in [-0.3, -0.25) is 0 Å². The number of rotatable bonds is 1. The van der Waals surface area contributed by atoms with Gasteiger partial charge in [0.2, 0.25) is 0 Å². The number of thiophene rings is 1. The van der Waals surface area contributed by atoms with Gasteiger partial charge in [-0.15, -0.1) is 11.3 Å². The van der Waals surface area contributed by atoms with Crippen LogP contribution in [0.15, 0.2) is 34.7 Å². The highest BCUT2D eigenvalue weighted by Crippen LogP contribution is 2.23. The van der Waals surface area contributed by atoms with Crippen molar-refractivity contribution in [3.8, 4) is 0 Å². The van der Waals surface area contributed by atoms with Gasteiger partial charge < -0.3 is 5.84 Å². The average molecular weight is 176 g/mol. The van der Waals surface area contributed by atoms with Crippen molar-refractivity contribution in [3.05, 3.63) is 35.2 Å². The zero-order chi connectivity index (χ0) is 8.39. The molecule has 2 N–H and O–H groups in total. The minimum absolute atomic E-state index is 1.10. The number of hydrazone groups is 1. The molecule has 60 valence electrons. The first kappa shape index (κ1) is 7.31. The van der Waals surface area contributed by atoms with Crippen LogP contribution in [0.5, 0.6) is 0 Å². The Morgan fingerprint density at radius 2 is 2.17 bits per heavy atom. The Bertz CT molecular complexity index is 417. The molecule has 0 spiro atoms. The maximum atomic E-state index is 5.08. The van der Waals surface area contributed by atoms with E-state index in [0.29, 0.717) is 0 Å². The molecule has 0 aliphatic heterocycles. The van der Waals surface area contributed by atoms with Crippen LogP contribution in [-0.4, -0.2) is 6.21 Å². The van der Waals surface area contributed by atoms with Crippen LogP contribution in [0.25, 0.3) is 10.1 Å². The molecule has 0 unspecified atom stereocenters. The monoisotopic (exact) mass is 176 g/mol. The maximum absolute atomic E-state index is 5.08. The van der Waals surface area contributed by atoms with Crippen molar-refractivity contribution < 1.29 is 0 Å². The number of hydrogen-bond donors (Lipinski definition) is 1. The highest BCUT2D eigenvalue weighted by molar-refractivity contribution is 7.17. The zero-order valence-corrected chi connectivity index (χ0v) is 7.21. The van der Waals surface area contributed by atoms with Crippen LogP contribution in [-0.2, 0) is 0 Å². The molecule has 2 aromatic rings. The quantitative estimate of drug-likeness (QED) is 0.404. The second-order valence-electron chi connectivity index (χ2n) is 2.47. The standard InChI is InChI=1S/C9H8N2S/c10-11-5-7-6-12-9-4-2-1-3-8(7)9/h1-6H,10H2/b11-5+. The van der Waals surface area contributed by atoms with Crippen LogP contribution in [0.4, 0.5) is 0 Å². The molecule has 1 aromatic heterocycles. The van der Waals surface area contributed by atoms with Crippen LogP contribution in [0.3, 0.4) is 0 Å². The Hall–Kier alpha value is -1.35. The lowest BCUT2D eigenvalue weighted by atomic mass is 10.2. The normalized spacial score (nSPS) is 11.3. The number of benzene rings is 1. The summed E-state index contributed by atoms with van der Waals surface area (Å²) in [7, 11) is 0. The van der Waals surface area contributed by atoms with Gasteiger partial charge in [0.25, 0.3) is 0 Å². The highest BCUT2D eigenvalue weighted by atomic mass is 32.1. The summed E-state index contributed by atoms with van der Waals surface area (Å²) in [6, 6.07) is 8.21. The van der Waals surface area contributed by atoms with Crippen molar-refractivity contribution in [1.82, 2.24) is 0 Å². The SMILES string of the molecule is N/N=C/c1csc2ccccc12. The molecule has 0 aliphatic rings. The summed E-state index contributed by atoms with van der Waals surface area (Å²) in [4.78, 5) is 0. The van der Waals surface area contributed by atoms with Crippen molar-refractivity contribution in [2.24, 2.45) is 10.9 Å². The third-order valence-corrected chi connectivity index (χ3v) is 2.71. The number of nitrogens with zero attached hydrogens (tertiary/aromatic N) is 1. The molecular formula is C9H8N2S. The number of fused-ring (bicyclic) bond motifs is 1. The Morgan fingerprint density at radius 3 is 3.00 bits per heavy atom. The van der Waals surface area contributed by atoms with Crippen molar-refractivity contribution in [2.75, 3.05) is 0 Å². The maximum Gasteiger partial charge on any atom is 0.0552 e. The Morgan fingerprint density at radius 1 is 1.33 bits per heavy atom. The molecule has 0 aliphatic carbocycles. The van der Waals surface area contributed by atoms with E-state index in [4.69, 9.17) is 5.84 Å². The lowest BCUT2D eigenvalue weighted by Crippen LogP contribution is -1.83. The van der Waals surface area contributed by atoms with Gasteiger partial charge in [-0.05, 0) is 6.07 Å². The third kappa shape index (κ3) is 1.08. The second kappa shape index (κ2) is 2.95. The van der Waals surface area contributed by atoms with Gasteiger partial charge >= 0.3 is 0 Å². The van der Waals surface area contributed by atoms with Gasteiger partial charge in [-0.2, -0.15) is 5.10 Å². The third-order valence-electron chi connectivity index (χ3n) is 1.72. The van der Waals surface area contributed by atoms with Crippen molar-refractivity contribution in [3.63, 3.8) is 0 Å². The van der Waals surface area contributed by atoms with Gasteiger partial charge in [0.1, 0.15) is 0 Å². The lowest BCUT2D eigenvalue weighted by Gasteiger charge is -1.88. The van der Waals surface area contributed by atoms with E-state index in [0.717, 1.165) is 5.56 Å². The summed E-state index contributed by atoms with van der Waals surface area (Å²) in [5.41, 5.74) is 1.10. The van der Waals surface area contributed by atoms with Gasteiger partial charge in [-0.25, -0.2) is 0 Å². The Labute approximate surface area is 74.3 Å². The predicted octanol–water partition coefficient (Wildman–Crippen LogP) is 2.19. The molecule has 0 radical (unpaired) electrons. The summed E-state index contributed by atoms with van der Waals surface area (Å²) in [5.74, 6) is 5.08. The summed E-state index contributed by atoms with van der Waals surface area (Å²) in [6.45, 7) is 0. The van der Waals surface area contributed by atoms with E-state index in [1.165, 1.54) is 10.1 Å². The fourth-order valence-electron chi connectivity index (χ4n) is 1.18. The fraction of sp³-hybridized carbons (Fsp3) is 0. The largest absolute Gasteiger partial charge is 0.323 e. The second-order valence-corrected chi connectivity index (χ2v) is 3.38. The molecule has 1 aromatic carbocycles. The summed E-state index contributed by atoms with van der Waals surface area (Å²) in [6.07, 6.45) is 1.68. The fourth-order valence-corrected chi connectivity index (χ4v) is 2.09. The van der Waals surface area contributed by atoms with E-state index in [1.54, 1.807) is 17.6 Å². The predicted molar refractivity (Wildman–Crippen MR) is 53.6 cm³/mol. The van der Waals surface area contributed by atoms with Gasteiger partial charge in [0.15, 0.2) is 0 Å². The molecule has 0 bridgehead atoms. The van der Waals surface area contributed by atoms with Crippen LogP contribution >= 0.6 is 11.3 Å². The molecule has 2 nitrogen and oxygen atoms in total. The van der Waals surface area contributed by atoms with Crippen molar-refractivity contribution in [2.45, 2.75) is 0 Å². The number of hydrogen-bond acceptors (Lipinski definition) is 3. The number of nitrogens with two attached hydrogens (primary N) is 1. The van der Waals surface area contributed by atoms with Crippen LogP contribution in [0.2, 0.25) is 0 Å². The molecule has 0 amide bonds. The first-order valence-electron chi connectivity index (χ1n) is 3.61. The van der Waals surface area contributed by atoms with E-state index in [2.05, 4.69) is 22.6 Å². The molecule has 0 atom stereocenters. The summed E-state index contributed by atoms with van der Waals surface area (Å²) >= 11 is 1.71. The van der Waals surface area contributed by atoms with E-state index in [9.17, 15) is 0 Å². The molecule has 1 heterocycles. The zero-order valence-electron chi connectivity index (χ0n) is 6.40. The average Bonchev–Trinajstić information content (AvgIpc) is 2.50. The van der Waals surface area contributed by atoms with Gasteiger partial charge in [0, 0.05) is 21.0 Å². The Kier molecular flexibility index (Phi) is 1.80. The van der Waals surface area contributed by atoms with Crippen LogP contribution in [0, 0.1) is 0 Å². The summed E-state index contributed by atoms with van der Waals surface area (Å²) in [5, 5.41) is 6.79. The van der Waals surface area contributed by atoms with Crippen molar-refractivity contribution in [1.29, 1.82) is 0 Å². The lowest BCUT2D eigenvalue weighted by molar-refractivity contribution is 1.27. The van der Waals surface area contributed by atoms with Gasteiger partial charge in [-0.1, -0.05) is 18.2 Å². The first-order chi connectivity index (χ1) is 5.92. The van der Waals surface area contributed by atoms with E-state index < -0.39 is 0 Å².